The molecule has 0 aliphatic carbocycles. The van der Waals surface area contributed by atoms with Gasteiger partial charge in [0.1, 0.15) is 5.82 Å². The number of unbranched alkanes of at least 4 members (excludes halogenated alkanes) is 2. The van der Waals surface area contributed by atoms with Gasteiger partial charge in [0.15, 0.2) is 0 Å². The van der Waals surface area contributed by atoms with Crippen LogP contribution in [0.2, 0.25) is 0 Å². The number of hydrogen-bond acceptors (Lipinski definition) is 2. The van der Waals surface area contributed by atoms with E-state index in [1.807, 2.05) is 12.1 Å². The number of allylic oxidation sites excluding steroid dienone is 3. The summed E-state index contributed by atoms with van der Waals surface area (Å²) in [5.74, 6) is 0.615. The van der Waals surface area contributed by atoms with Gasteiger partial charge in [0.05, 0.1) is 6.04 Å². The van der Waals surface area contributed by atoms with Gasteiger partial charge in [-0.05, 0) is 47.9 Å². The first-order chi connectivity index (χ1) is 12.3. The van der Waals surface area contributed by atoms with Gasteiger partial charge < -0.3 is 10.6 Å². The van der Waals surface area contributed by atoms with Crippen LogP contribution in [0.1, 0.15) is 65.9 Å². The zero-order valence-corrected chi connectivity index (χ0v) is 17.3. The highest BCUT2D eigenvalue weighted by molar-refractivity contribution is 5.83. The van der Waals surface area contributed by atoms with Gasteiger partial charge in [-0.15, -0.1) is 0 Å². The van der Waals surface area contributed by atoms with Crippen molar-refractivity contribution in [2.24, 2.45) is 17.6 Å². The molecule has 1 atom stereocenters. The van der Waals surface area contributed by atoms with Gasteiger partial charge in [-0.1, -0.05) is 59.6 Å². The van der Waals surface area contributed by atoms with Crippen LogP contribution in [-0.2, 0) is 0 Å². The molecule has 0 saturated carbocycles. The minimum atomic E-state index is -0.207. The van der Waals surface area contributed by atoms with E-state index in [1.54, 1.807) is 0 Å². The summed E-state index contributed by atoms with van der Waals surface area (Å²) in [5, 5.41) is 0. The van der Waals surface area contributed by atoms with Crippen molar-refractivity contribution in [1.82, 2.24) is 4.90 Å². The second kappa shape index (κ2) is 8.75. The van der Waals surface area contributed by atoms with Crippen LogP contribution in [-0.4, -0.2) is 18.0 Å². The van der Waals surface area contributed by atoms with Gasteiger partial charge in [-0.3, -0.25) is 0 Å². The maximum absolute atomic E-state index is 13.5. The van der Waals surface area contributed by atoms with Crippen LogP contribution >= 0.6 is 0 Å². The summed E-state index contributed by atoms with van der Waals surface area (Å²) in [6.07, 6.45) is 4.58. The molecule has 1 unspecified atom stereocenters. The molecule has 2 N–H and O–H groups in total. The minimum Gasteiger partial charge on any atom is -0.400 e. The minimum absolute atomic E-state index is 0.169. The molecule has 0 spiro atoms. The van der Waals surface area contributed by atoms with E-state index in [2.05, 4.69) is 46.6 Å². The van der Waals surface area contributed by atoms with Gasteiger partial charge in [0.2, 0.25) is 0 Å². The molecule has 0 amide bonds. The quantitative estimate of drug-likeness (QED) is 0.610. The van der Waals surface area contributed by atoms with Crippen molar-refractivity contribution >= 4 is 5.57 Å². The Morgan fingerprint density at radius 1 is 1.08 bits per heavy atom. The third-order valence-electron chi connectivity index (χ3n) is 5.36. The van der Waals surface area contributed by atoms with Crippen LogP contribution in [0.15, 0.2) is 41.2 Å². The van der Waals surface area contributed by atoms with E-state index in [1.165, 1.54) is 36.2 Å². The Balaban J connectivity index is 2.65. The van der Waals surface area contributed by atoms with Crippen LogP contribution in [0.25, 0.3) is 5.57 Å². The normalized spacial score (nSPS) is 18.5. The van der Waals surface area contributed by atoms with Crippen molar-refractivity contribution in [2.45, 2.75) is 66.3 Å². The van der Waals surface area contributed by atoms with E-state index >= 15 is 0 Å². The lowest BCUT2D eigenvalue weighted by atomic mass is 9.80. The van der Waals surface area contributed by atoms with E-state index < -0.39 is 0 Å². The molecule has 0 fully saturated rings. The standard InChI is InChI=1S/C23H35FN2/c1-7-8-9-10-19-20(17-11-13-18(24)14-12-17)21(25)23(16(4)5)26(6)22(19)15(2)3/h11-16,23H,7-10,25H2,1-6H3. The average Bonchev–Trinajstić information content (AvgIpc) is 2.55. The van der Waals surface area contributed by atoms with Crippen LogP contribution < -0.4 is 5.73 Å². The molecule has 144 valence electrons. The molecular formula is C23H35FN2. The Kier molecular flexibility index (Phi) is 6.91. The van der Waals surface area contributed by atoms with Gasteiger partial charge in [0, 0.05) is 24.0 Å². The van der Waals surface area contributed by atoms with Crippen LogP contribution in [0.4, 0.5) is 4.39 Å². The molecule has 2 nitrogen and oxygen atoms in total. The van der Waals surface area contributed by atoms with Crippen LogP contribution in [0.5, 0.6) is 0 Å². The smallest absolute Gasteiger partial charge is 0.123 e. The maximum Gasteiger partial charge on any atom is 0.123 e. The molecule has 0 bridgehead atoms. The van der Waals surface area contributed by atoms with Crippen LogP contribution in [0.3, 0.4) is 0 Å². The molecule has 1 aromatic rings. The Morgan fingerprint density at radius 2 is 1.69 bits per heavy atom. The zero-order valence-electron chi connectivity index (χ0n) is 17.3. The summed E-state index contributed by atoms with van der Waals surface area (Å²) in [5.41, 5.74) is 12.6. The molecule has 0 saturated heterocycles. The molecule has 26 heavy (non-hydrogen) atoms. The number of benzene rings is 1. The number of nitrogens with two attached hydrogens (primary N) is 1. The number of halogens is 1. The topological polar surface area (TPSA) is 29.3 Å². The lowest BCUT2D eigenvalue weighted by molar-refractivity contribution is 0.245. The Hall–Kier alpha value is -1.77. The van der Waals surface area contributed by atoms with Crippen molar-refractivity contribution in [3.63, 3.8) is 0 Å². The van der Waals surface area contributed by atoms with Gasteiger partial charge >= 0.3 is 0 Å². The molecule has 3 heteroatoms. The SMILES string of the molecule is CCCCCC1=C(C(C)C)N(C)C(C(C)C)C(N)=C1c1ccc(F)cc1. The summed E-state index contributed by atoms with van der Waals surface area (Å²) >= 11 is 0. The molecule has 0 aromatic heterocycles. The second-order valence-electron chi connectivity index (χ2n) is 8.11. The third kappa shape index (κ3) is 4.13. The zero-order chi connectivity index (χ0) is 19.4. The maximum atomic E-state index is 13.5. The summed E-state index contributed by atoms with van der Waals surface area (Å²) in [6, 6.07) is 6.99. The van der Waals surface area contributed by atoms with Gasteiger partial charge in [-0.25, -0.2) is 4.39 Å². The molecule has 0 radical (unpaired) electrons. The van der Waals surface area contributed by atoms with E-state index in [4.69, 9.17) is 5.73 Å². The number of likely N-dealkylation sites (N-methyl/N-ethyl adjacent to an activating group) is 1. The van der Waals surface area contributed by atoms with Crippen molar-refractivity contribution in [3.8, 4) is 0 Å². The summed E-state index contributed by atoms with van der Waals surface area (Å²) in [4.78, 5) is 2.39. The van der Waals surface area contributed by atoms with E-state index in [0.717, 1.165) is 29.7 Å². The lowest BCUT2D eigenvalue weighted by Gasteiger charge is -2.43. The highest BCUT2D eigenvalue weighted by Gasteiger charge is 2.34. The fraction of sp³-hybridized carbons (Fsp3) is 0.565. The van der Waals surface area contributed by atoms with E-state index in [0.29, 0.717) is 11.8 Å². The highest BCUT2D eigenvalue weighted by atomic mass is 19.1. The first-order valence-corrected chi connectivity index (χ1v) is 10.0. The van der Waals surface area contributed by atoms with Gasteiger partial charge in [-0.2, -0.15) is 0 Å². The number of hydrogen-bond donors (Lipinski definition) is 1. The van der Waals surface area contributed by atoms with Crippen LogP contribution in [0, 0.1) is 17.7 Å². The fourth-order valence-corrected chi connectivity index (χ4v) is 4.35. The Morgan fingerprint density at radius 3 is 2.19 bits per heavy atom. The molecule has 1 aliphatic heterocycles. The monoisotopic (exact) mass is 358 g/mol. The van der Waals surface area contributed by atoms with E-state index in [-0.39, 0.29) is 11.9 Å². The number of rotatable bonds is 7. The van der Waals surface area contributed by atoms with Crippen molar-refractivity contribution in [2.75, 3.05) is 7.05 Å². The fourth-order valence-electron chi connectivity index (χ4n) is 4.35. The predicted molar refractivity (Wildman–Crippen MR) is 110 cm³/mol. The molecular weight excluding hydrogens is 323 g/mol. The van der Waals surface area contributed by atoms with Crippen molar-refractivity contribution < 1.29 is 4.39 Å². The Bertz CT molecular complexity index is 668. The van der Waals surface area contributed by atoms with Gasteiger partial charge in [0.25, 0.3) is 0 Å². The largest absolute Gasteiger partial charge is 0.400 e. The average molecular weight is 359 g/mol. The highest BCUT2D eigenvalue weighted by Crippen LogP contribution is 2.42. The third-order valence-corrected chi connectivity index (χ3v) is 5.36. The molecule has 1 aliphatic rings. The predicted octanol–water partition coefficient (Wildman–Crippen LogP) is 5.96. The first kappa shape index (κ1) is 20.5. The first-order valence-electron chi connectivity index (χ1n) is 10.0. The van der Waals surface area contributed by atoms with E-state index in [9.17, 15) is 4.39 Å². The summed E-state index contributed by atoms with van der Waals surface area (Å²) < 4.78 is 13.5. The summed E-state index contributed by atoms with van der Waals surface area (Å²) in [6.45, 7) is 11.2. The van der Waals surface area contributed by atoms with Crippen molar-refractivity contribution in [1.29, 1.82) is 0 Å². The molecule has 1 heterocycles. The second-order valence-corrected chi connectivity index (χ2v) is 8.11. The Labute approximate surface area is 159 Å². The lowest BCUT2D eigenvalue weighted by Crippen LogP contribution is -2.44. The molecule has 2 rings (SSSR count). The van der Waals surface area contributed by atoms with Crippen molar-refractivity contribution in [3.05, 3.63) is 52.6 Å². The summed E-state index contributed by atoms with van der Waals surface area (Å²) in [7, 11) is 2.17. The number of nitrogens with zero attached hydrogens (tertiary/aromatic N) is 1. The molecule has 1 aromatic carbocycles.